The van der Waals surface area contributed by atoms with Crippen LogP contribution in [0.15, 0.2) is 42.7 Å². The van der Waals surface area contributed by atoms with Gasteiger partial charge in [-0.25, -0.2) is 4.79 Å². The van der Waals surface area contributed by atoms with Crippen LogP contribution in [0.3, 0.4) is 0 Å². The van der Waals surface area contributed by atoms with E-state index in [2.05, 4.69) is 22.7 Å². The van der Waals surface area contributed by atoms with E-state index in [1.165, 1.54) is 0 Å². The van der Waals surface area contributed by atoms with Crippen molar-refractivity contribution in [2.75, 3.05) is 11.9 Å². The van der Waals surface area contributed by atoms with Crippen molar-refractivity contribution in [1.29, 1.82) is 0 Å². The number of benzene rings is 1. The molecular formula is C16H22N4O2. The fourth-order valence-corrected chi connectivity index (χ4v) is 2.24. The number of aliphatic hydroxyl groups excluding tert-OH is 1. The SMILES string of the molecule is CCCn1cc(NC(=O)N[C@H](CCO)c2ccccc2)cn1. The van der Waals surface area contributed by atoms with Crippen molar-refractivity contribution in [2.45, 2.75) is 32.4 Å². The van der Waals surface area contributed by atoms with Crippen molar-refractivity contribution in [3.63, 3.8) is 0 Å². The third kappa shape index (κ3) is 4.60. The lowest BCUT2D eigenvalue weighted by Crippen LogP contribution is -2.33. The van der Waals surface area contributed by atoms with Crippen LogP contribution in [-0.2, 0) is 6.54 Å². The van der Waals surface area contributed by atoms with Crippen LogP contribution < -0.4 is 10.6 Å². The Balaban J connectivity index is 1.95. The first-order valence-corrected chi connectivity index (χ1v) is 7.48. The minimum atomic E-state index is -0.307. The number of aliphatic hydroxyl groups is 1. The number of carbonyl (C=O) groups excluding carboxylic acids is 1. The number of aryl methyl sites for hydroxylation is 1. The molecule has 1 aromatic carbocycles. The number of amides is 2. The molecule has 1 atom stereocenters. The summed E-state index contributed by atoms with van der Waals surface area (Å²) >= 11 is 0. The number of rotatable bonds is 7. The Kier molecular flexibility index (Phi) is 5.97. The maximum Gasteiger partial charge on any atom is 0.319 e. The number of nitrogens with one attached hydrogen (secondary N) is 2. The van der Waals surface area contributed by atoms with Crippen LogP contribution in [0.5, 0.6) is 0 Å². The van der Waals surface area contributed by atoms with Crippen molar-refractivity contribution < 1.29 is 9.90 Å². The molecule has 2 aromatic rings. The normalized spacial score (nSPS) is 11.9. The average Bonchev–Trinajstić information content (AvgIpc) is 2.95. The van der Waals surface area contributed by atoms with Gasteiger partial charge in [-0.15, -0.1) is 0 Å². The van der Waals surface area contributed by atoms with Gasteiger partial charge in [-0.3, -0.25) is 4.68 Å². The van der Waals surface area contributed by atoms with Gasteiger partial charge in [0.25, 0.3) is 0 Å². The van der Waals surface area contributed by atoms with Crippen molar-refractivity contribution in [2.24, 2.45) is 0 Å². The maximum atomic E-state index is 12.1. The molecule has 0 aliphatic carbocycles. The van der Waals surface area contributed by atoms with Crippen LogP contribution in [-0.4, -0.2) is 27.5 Å². The van der Waals surface area contributed by atoms with Gasteiger partial charge in [0, 0.05) is 19.3 Å². The predicted octanol–water partition coefficient (Wildman–Crippen LogP) is 2.54. The number of urea groups is 1. The lowest BCUT2D eigenvalue weighted by molar-refractivity contribution is 0.239. The number of aromatic nitrogens is 2. The first kappa shape index (κ1) is 16.0. The second-order valence-electron chi connectivity index (χ2n) is 5.07. The predicted molar refractivity (Wildman–Crippen MR) is 85.6 cm³/mol. The highest BCUT2D eigenvalue weighted by atomic mass is 16.3. The number of anilines is 1. The number of hydrogen-bond donors (Lipinski definition) is 3. The molecule has 1 heterocycles. The summed E-state index contributed by atoms with van der Waals surface area (Å²) in [5.74, 6) is 0. The summed E-state index contributed by atoms with van der Waals surface area (Å²) in [6.07, 6.45) is 4.87. The van der Waals surface area contributed by atoms with E-state index in [9.17, 15) is 9.90 Å². The van der Waals surface area contributed by atoms with Gasteiger partial charge >= 0.3 is 6.03 Å². The minimum Gasteiger partial charge on any atom is -0.396 e. The van der Waals surface area contributed by atoms with Crippen molar-refractivity contribution >= 4 is 11.7 Å². The summed E-state index contributed by atoms with van der Waals surface area (Å²) in [6, 6.07) is 9.07. The molecule has 0 saturated carbocycles. The van der Waals surface area contributed by atoms with Crippen LogP contribution in [0, 0.1) is 0 Å². The Morgan fingerprint density at radius 3 is 2.82 bits per heavy atom. The van der Waals surface area contributed by atoms with Crippen LogP contribution in [0.25, 0.3) is 0 Å². The van der Waals surface area contributed by atoms with Crippen LogP contribution in [0.2, 0.25) is 0 Å². The fourth-order valence-electron chi connectivity index (χ4n) is 2.24. The second kappa shape index (κ2) is 8.19. The largest absolute Gasteiger partial charge is 0.396 e. The van der Waals surface area contributed by atoms with E-state index in [-0.39, 0.29) is 18.7 Å². The molecule has 0 fully saturated rings. The summed E-state index contributed by atoms with van der Waals surface area (Å²) in [6.45, 7) is 2.90. The van der Waals surface area contributed by atoms with Crippen molar-refractivity contribution in [1.82, 2.24) is 15.1 Å². The highest BCUT2D eigenvalue weighted by molar-refractivity contribution is 5.89. The molecule has 0 saturated heterocycles. The third-order valence-electron chi connectivity index (χ3n) is 3.27. The molecule has 22 heavy (non-hydrogen) atoms. The molecule has 3 N–H and O–H groups in total. The first-order chi connectivity index (χ1) is 10.7. The number of hydrogen-bond acceptors (Lipinski definition) is 3. The van der Waals surface area contributed by atoms with Crippen LogP contribution in [0.4, 0.5) is 10.5 Å². The van der Waals surface area contributed by atoms with Gasteiger partial charge in [0.05, 0.1) is 17.9 Å². The Morgan fingerprint density at radius 1 is 1.36 bits per heavy atom. The summed E-state index contributed by atoms with van der Waals surface area (Å²) in [4.78, 5) is 12.1. The Bertz CT molecular complexity index is 583. The van der Waals surface area contributed by atoms with Gasteiger partial charge in [-0.2, -0.15) is 5.10 Å². The summed E-state index contributed by atoms with van der Waals surface area (Å²) in [5, 5.41) is 19.0. The lowest BCUT2D eigenvalue weighted by Gasteiger charge is -2.18. The molecule has 0 spiro atoms. The molecular weight excluding hydrogens is 280 g/mol. The van der Waals surface area contributed by atoms with E-state index in [0.29, 0.717) is 12.1 Å². The summed E-state index contributed by atoms with van der Waals surface area (Å²) < 4.78 is 1.79. The zero-order valence-electron chi connectivity index (χ0n) is 12.7. The third-order valence-corrected chi connectivity index (χ3v) is 3.27. The highest BCUT2D eigenvalue weighted by Gasteiger charge is 2.14. The van der Waals surface area contributed by atoms with Gasteiger partial charge in [-0.05, 0) is 18.4 Å². The van der Waals surface area contributed by atoms with Gasteiger partial charge in [0.2, 0.25) is 0 Å². The van der Waals surface area contributed by atoms with Crippen molar-refractivity contribution in [3.8, 4) is 0 Å². The monoisotopic (exact) mass is 302 g/mol. The number of nitrogens with zero attached hydrogens (tertiary/aromatic N) is 2. The van der Waals surface area contributed by atoms with E-state index in [1.54, 1.807) is 17.1 Å². The zero-order chi connectivity index (χ0) is 15.8. The fraction of sp³-hybridized carbons (Fsp3) is 0.375. The molecule has 6 heteroatoms. The number of carbonyl (C=O) groups is 1. The Hall–Kier alpha value is -2.34. The molecule has 0 radical (unpaired) electrons. The van der Waals surface area contributed by atoms with E-state index in [0.717, 1.165) is 18.5 Å². The van der Waals surface area contributed by atoms with Gasteiger partial charge in [0.1, 0.15) is 0 Å². The van der Waals surface area contributed by atoms with E-state index in [1.807, 2.05) is 30.3 Å². The molecule has 0 unspecified atom stereocenters. The first-order valence-electron chi connectivity index (χ1n) is 7.48. The summed E-state index contributed by atoms with van der Waals surface area (Å²) in [7, 11) is 0. The Labute approximate surface area is 130 Å². The van der Waals surface area contributed by atoms with Gasteiger partial charge in [0.15, 0.2) is 0 Å². The van der Waals surface area contributed by atoms with Crippen LogP contribution in [0.1, 0.15) is 31.4 Å². The van der Waals surface area contributed by atoms with E-state index >= 15 is 0 Å². The van der Waals surface area contributed by atoms with Crippen molar-refractivity contribution in [3.05, 3.63) is 48.3 Å². The van der Waals surface area contributed by atoms with Gasteiger partial charge in [-0.1, -0.05) is 37.3 Å². The molecule has 118 valence electrons. The van der Waals surface area contributed by atoms with E-state index < -0.39 is 0 Å². The molecule has 6 nitrogen and oxygen atoms in total. The molecule has 2 rings (SSSR count). The molecule has 1 aromatic heterocycles. The highest BCUT2D eigenvalue weighted by Crippen LogP contribution is 2.16. The quantitative estimate of drug-likeness (QED) is 0.735. The zero-order valence-corrected chi connectivity index (χ0v) is 12.7. The average molecular weight is 302 g/mol. The van der Waals surface area contributed by atoms with E-state index in [4.69, 9.17) is 0 Å². The molecule has 2 amide bonds. The minimum absolute atomic E-state index is 0.00821. The molecule has 0 aliphatic heterocycles. The topological polar surface area (TPSA) is 79.2 Å². The smallest absolute Gasteiger partial charge is 0.319 e. The second-order valence-corrected chi connectivity index (χ2v) is 5.07. The standard InChI is InChI=1S/C16H22N4O2/c1-2-9-20-12-14(11-17-20)18-16(22)19-15(8-10-21)13-6-4-3-5-7-13/h3-7,11-12,15,21H,2,8-10H2,1H3,(H2,18,19,22)/t15-/m1/s1. The van der Waals surface area contributed by atoms with Crippen LogP contribution >= 0.6 is 0 Å². The lowest BCUT2D eigenvalue weighted by atomic mass is 10.0. The maximum absolute atomic E-state index is 12.1. The molecule has 0 bridgehead atoms. The summed E-state index contributed by atoms with van der Waals surface area (Å²) in [5.41, 5.74) is 1.62. The van der Waals surface area contributed by atoms with Gasteiger partial charge < -0.3 is 15.7 Å². The molecule has 0 aliphatic rings. The Morgan fingerprint density at radius 2 is 2.14 bits per heavy atom.